The van der Waals surface area contributed by atoms with Gasteiger partial charge >= 0.3 is 5.97 Å². The van der Waals surface area contributed by atoms with E-state index in [0.717, 1.165) is 5.56 Å². The normalized spacial score (nSPS) is 11.4. The van der Waals surface area contributed by atoms with Gasteiger partial charge in [-0.2, -0.15) is 0 Å². The number of aliphatic hydroxyl groups is 1. The monoisotopic (exact) mass is 305 g/mol. The van der Waals surface area contributed by atoms with Crippen LogP contribution in [0.15, 0.2) is 48.8 Å². The molecule has 0 aliphatic carbocycles. The number of rotatable bonds is 5. The zero-order valence-corrected chi connectivity index (χ0v) is 11.6. The van der Waals surface area contributed by atoms with Crippen LogP contribution in [0.2, 0.25) is 5.02 Å². The summed E-state index contributed by atoms with van der Waals surface area (Å²) in [5, 5.41) is 18.8. The number of carbonyl (C=O) groups is 2. The number of aliphatic hydroxyl groups excluding tert-OH is 1. The molecule has 0 unspecified atom stereocenters. The molecule has 2 N–H and O–H groups in total. The summed E-state index contributed by atoms with van der Waals surface area (Å²) >= 11 is 5.81. The summed E-state index contributed by atoms with van der Waals surface area (Å²) in [7, 11) is 0. The van der Waals surface area contributed by atoms with Crippen molar-refractivity contribution in [3.8, 4) is 0 Å². The van der Waals surface area contributed by atoms with Gasteiger partial charge in [0.15, 0.2) is 0 Å². The molecule has 1 aromatic heterocycles. The van der Waals surface area contributed by atoms with Gasteiger partial charge in [0.05, 0.1) is 0 Å². The number of benzene rings is 1. The second kappa shape index (κ2) is 6.28. The maximum atomic E-state index is 11.0. The van der Waals surface area contributed by atoms with Crippen molar-refractivity contribution in [2.45, 2.75) is 6.54 Å². The molecular weight excluding hydrogens is 294 g/mol. The maximum Gasteiger partial charge on any atom is 0.376 e. The lowest BCUT2D eigenvalue weighted by atomic mass is 10.2. The lowest BCUT2D eigenvalue weighted by Gasteiger charge is -2.03. The molecule has 0 amide bonds. The molecule has 21 heavy (non-hydrogen) atoms. The first-order chi connectivity index (χ1) is 9.95. The zero-order chi connectivity index (χ0) is 15.4. The van der Waals surface area contributed by atoms with E-state index in [1.807, 2.05) is 12.1 Å². The van der Waals surface area contributed by atoms with Crippen molar-refractivity contribution < 1.29 is 19.8 Å². The van der Waals surface area contributed by atoms with Crippen LogP contribution in [-0.2, 0) is 16.1 Å². The molecule has 0 saturated carbocycles. The fraction of sp³-hybridized carbons (Fsp3) is 0.0667. The molecule has 0 fully saturated rings. The Labute approximate surface area is 125 Å². The van der Waals surface area contributed by atoms with E-state index in [1.165, 1.54) is 0 Å². The Morgan fingerprint density at radius 3 is 2.43 bits per heavy atom. The molecular formula is C15H12ClNO4. The summed E-state index contributed by atoms with van der Waals surface area (Å²) in [5.74, 6) is -3.16. The van der Waals surface area contributed by atoms with Crippen molar-refractivity contribution in [3.63, 3.8) is 0 Å². The van der Waals surface area contributed by atoms with E-state index in [-0.39, 0.29) is 5.76 Å². The second-order valence-corrected chi connectivity index (χ2v) is 4.83. The molecule has 0 saturated heterocycles. The lowest BCUT2D eigenvalue weighted by Crippen LogP contribution is -2.09. The van der Waals surface area contributed by atoms with Gasteiger partial charge in [-0.3, -0.25) is 4.79 Å². The number of aliphatic carboxylic acids is 1. The highest BCUT2D eigenvalue weighted by Gasteiger charge is 2.11. The largest absolute Gasteiger partial charge is 0.507 e. The molecule has 108 valence electrons. The number of carboxylic acids is 1. The number of ketones is 1. The van der Waals surface area contributed by atoms with Gasteiger partial charge in [0, 0.05) is 35.6 Å². The summed E-state index contributed by atoms with van der Waals surface area (Å²) in [6.07, 6.45) is 4.03. The van der Waals surface area contributed by atoms with Gasteiger partial charge < -0.3 is 14.8 Å². The molecule has 2 rings (SSSR count). The van der Waals surface area contributed by atoms with Crippen LogP contribution >= 0.6 is 11.6 Å². The van der Waals surface area contributed by atoms with Crippen molar-refractivity contribution >= 4 is 29.1 Å². The first-order valence-electron chi connectivity index (χ1n) is 6.04. The van der Waals surface area contributed by atoms with E-state index < -0.39 is 11.8 Å². The Kier molecular flexibility index (Phi) is 4.45. The van der Waals surface area contributed by atoms with Gasteiger partial charge in [-0.15, -0.1) is 0 Å². The Balaban J connectivity index is 2.12. The zero-order valence-electron chi connectivity index (χ0n) is 10.9. The van der Waals surface area contributed by atoms with Crippen molar-refractivity contribution in [1.82, 2.24) is 4.57 Å². The number of hydrogen-bond acceptors (Lipinski definition) is 3. The highest BCUT2D eigenvalue weighted by atomic mass is 35.5. The van der Waals surface area contributed by atoms with Gasteiger partial charge in [-0.05, 0) is 23.8 Å². The number of nitrogens with zero attached hydrogens (tertiary/aromatic N) is 1. The Morgan fingerprint density at radius 1 is 1.14 bits per heavy atom. The van der Waals surface area contributed by atoms with Crippen molar-refractivity contribution in [2.24, 2.45) is 0 Å². The van der Waals surface area contributed by atoms with Gasteiger partial charge in [0.1, 0.15) is 5.76 Å². The van der Waals surface area contributed by atoms with Crippen LogP contribution in [0.1, 0.15) is 11.1 Å². The number of hydrogen-bond donors (Lipinski definition) is 2. The average Bonchev–Trinajstić information content (AvgIpc) is 2.90. The lowest BCUT2D eigenvalue weighted by molar-refractivity contribution is -0.146. The van der Waals surface area contributed by atoms with Crippen LogP contribution in [0.4, 0.5) is 0 Å². The maximum absolute atomic E-state index is 11.0. The molecule has 0 spiro atoms. The van der Waals surface area contributed by atoms with Crippen LogP contribution < -0.4 is 0 Å². The van der Waals surface area contributed by atoms with Crippen LogP contribution in [0.5, 0.6) is 0 Å². The molecule has 1 aromatic carbocycles. The predicted molar refractivity (Wildman–Crippen MR) is 78.2 cm³/mol. The number of aromatic nitrogens is 1. The summed E-state index contributed by atoms with van der Waals surface area (Å²) in [4.78, 5) is 21.4. The van der Waals surface area contributed by atoms with Crippen LogP contribution in [-0.4, -0.2) is 26.5 Å². The molecule has 1 heterocycles. The highest BCUT2D eigenvalue weighted by Crippen LogP contribution is 2.15. The minimum Gasteiger partial charge on any atom is -0.507 e. The Bertz CT molecular complexity index is 701. The second-order valence-electron chi connectivity index (χ2n) is 4.40. The molecule has 0 atom stereocenters. The predicted octanol–water partition coefficient (Wildman–Crippen LogP) is 2.74. The number of halogens is 1. The minimum absolute atomic E-state index is 0.374. The summed E-state index contributed by atoms with van der Waals surface area (Å²) in [5.41, 5.74) is 1.39. The molecule has 0 bridgehead atoms. The first kappa shape index (κ1) is 14.9. The third-order valence-electron chi connectivity index (χ3n) is 2.80. The van der Waals surface area contributed by atoms with E-state index in [2.05, 4.69) is 0 Å². The Morgan fingerprint density at radius 2 is 1.81 bits per heavy atom. The number of carbonyl (C=O) groups excluding carboxylic acids is 1. The third kappa shape index (κ3) is 3.97. The fourth-order valence-corrected chi connectivity index (χ4v) is 1.89. The number of carboxylic acid groups (broad SMARTS) is 1. The van der Waals surface area contributed by atoms with Crippen LogP contribution in [0, 0.1) is 0 Å². The van der Waals surface area contributed by atoms with Gasteiger partial charge in [0.25, 0.3) is 5.78 Å². The fourth-order valence-electron chi connectivity index (χ4n) is 1.76. The average molecular weight is 306 g/mol. The molecule has 6 heteroatoms. The molecule has 0 aliphatic rings. The van der Waals surface area contributed by atoms with Gasteiger partial charge in [-0.25, -0.2) is 4.79 Å². The topological polar surface area (TPSA) is 79.5 Å². The van der Waals surface area contributed by atoms with E-state index >= 15 is 0 Å². The standard InChI is InChI=1S/C15H12ClNO4/c16-12-3-1-10(2-4-12)8-17-6-5-11(9-17)13(18)7-14(19)15(20)21/h1-7,9,18H,8H2,(H,20,21)/b13-7-. The Hall–Kier alpha value is -2.53. The van der Waals surface area contributed by atoms with Gasteiger partial charge in [0.2, 0.25) is 0 Å². The molecule has 0 radical (unpaired) electrons. The van der Waals surface area contributed by atoms with Crippen molar-refractivity contribution in [1.29, 1.82) is 0 Å². The summed E-state index contributed by atoms with van der Waals surface area (Å²) in [6, 6.07) is 8.92. The smallest absolute Gasteiger partial charge is 0.376 e. The summed E-state index contributed by atoms with van der Waals surface area (Å²) in [6.45, 7) is 0.567. The van der Waals surface area contributed by atoms with Crippen molar-refractivity contribution in [3.05, 3.63) is 65.0 Å². The first-order valence-corrected chi connectivity index (χ1v) is 6.42. The van der Waals surface area contributed by atoms with E-state index in [1.54, 1.807) is 35.2 Å². The van der Waals surface area contributed by atoms with Crippen LogP contribution in [0.25, 0.3) is 5.76 Å². The quantitative estimate of drug-likeness (QED) is 0.506. The molecule has 5 nitrogen and oxygen atoms in total. The minimum atomic E-state index is -1.61. The molecule has 0 aliphatic heterocycles. The molecule has 2 aromatic rings. The van der Waals surface area contributed by atoms with E-state index in [9.17, 15) is 14.7 Å². The van der Waals surface area contributed by atoms with Crippen LogP contribution in [0.3, 0.4) is 0 Å². The SMILES string of the molecule is O=C(O)C(=O)/C=C(\O)c1ccn(Cc2ccc(Cl)cc2)c1. The highest BCUT2D eigenvalue weighted by molar-refractivity contribution is 6.38. The third-order valence-corrected chi connectivity index (χ3v) is 3.06. The van der Waals surface area contributed by atoms with Gasteiger partial charge in [-0.1, -0.05) is 23.7 Å². The summed E-state index contributed by atoms with van der Waals surface area (Å²) < 4.78 is 1.80. The van der Waals surface area contributed by atoms with Crippen molar-refractivity contribution in [2.75, 3.05) is 0 Å². The van der Waals surface area contributed by atoms with E-state index in [4.69, 9.17) is 16.7 Å². The van der Waals surface area contributed by atoms with E-state index in [0.29, 0.717) is 23.2 Å².